The van der Waals surface area contributed by atoms with Gasteiger partial charge in [0.1, 0.15) is 11.0 Å². The number of aromatic nitrogens is 3. The van der Waals surface area contributed by atoms with E-state index in [-0.39, 0.29) is 5.91 Å². The molecule has 3 rings (SSSR count). The zero-order chi connectivity index (χ0) is 16.2. The number of pyridine rings is 1. The lowest BCUT2D eigenvalue weighted by atomic mass is 10.2. The van der Waals surface area contributed by atoms with Gasteiger partial charge in [-0.05, 0) is 24.6 Å². The van der Waals surface area contributed by atoms with E-state index in [1.807, 2.05) is 30.3 Å². The maximum atomic E-state index is 12.4. The van der Waals surface area contributed by atoms with Crippen molar-refractivity contribution in [2.75, 3.05) is 5.32 Å². The third-order valence-electron chi connectivity index (χ3n) is 3.37. The first-order valence-corrected chi connectivity index (χ1v) is 7.52. The van der Waals surface area contributed by atoms with Crippen molar-refractivity contribution in [1.82, 2.24) is 14.8 Å². The Kier molecular flexibility index (Phi) is 4.39. The molecule has 2 aromatic heterocycles. The fraction of sp³-hybridized carbons (Fsp3) is 0.118. The number of hydrogen-bond acceptors (Lipinski definition) is 3. The Morgan fingerprint density at radius 2 is 1.91 bits per heavy atom. The summed E-state index contributed by atoms with van der Waals surface area (Å²) in [6.45, 7) is 2.28. The van der Waals surface area contributed by atoms with Crippen molar-refractivity contribution in [2.24, 2.45) is 0 Å². The van der Waals surface area contributed by atoms with Gasteiger partial charge in [-0.3, -0.25) is 4.79 Å². The van der Waals surface area contributed by atoms with Gasteiger partial charge in [0, 0.05) is 6.20 Å². The smallest absolute Gasteiger partial charge is 0.261 e. The molecule has 2 heterocycles. The molecule has 0 aliphatic rings. The predicted molar refractivity (Wildman–Crippen MR) is 89.7 cm³/mol. The van der Waals surface area contributed by atoms with Crippen LogP contribution < -0.4 is 5.32 Å². The molecule has 0 saturated carbocycles. The van der Waals surface area contributed by atoms with Gasteiger partial charge in [-0.2, -0.15) is 5.10 Å². The average Bonchev–Trinajstić information content (AvgIpc) is 2.83. The summed E-state index contributed by atoms with van der Waals surface area (Å²) >= 11 is 6.36. The van der Waals surface area contributed by atoms with Crippen LogP contribution in [0.2, 0.25) is 5.15 Å². The molecule has 0 spiro atoms. The molecular formula is C17H15ClN4O. The highest BCUT2D eigenvalue weighted by Gasteiger charge is 2.20. The second-order valence-electron chi connectivity index (χ2n) is 5.06. The first-order chi connectivity index (χ1) is 11.1. The van der Waals surface area contributed by atoms with E-state index in [0.717, 1.165) is 5.56 Å². The minimum absolute atomic E-state index is 0.314. The lowest BCUT2D eigenvalue weighted by molar-refractivity contribution is 0.102. The van der Waals surface area contributed by atoms with Crippen LogP contribution in [0.3, 0.4) is 0 Å². The number of halogens is 1. The number of nitrogens with zero attached hydrogens (tertiary/aromatic N) is 3. The number of benzene rings is 1. The average molecular weight is 327 g/mol. The van der Waals surface area contributed by atoms with Crippen molar-refractivity contribution in [2.45, 2.75) is 13.5 Å². The fourth-order valence-electron chi connectivity index (χ4n) is 2.29. The molecule has 1 aromatic carbocycles. The lowest BCUT2D eigenvalue weighted by Gasteiger charge is -2.05. The highest BCUT2D eigenvalue weighted by Crippen LogP contribution is 2.22. The number of rotatable bonds is 4. The van der Waals surface area contributed by atoms with Crippen LogP contribution in [0.25, 0.3) is 0 Å². The quantitative estimate of drug-likeness (QED) is 0.797. The number of anilines is 1. The molecule has 1 N–H and O–H groups in total. The van der Waals surface area contributed by atoms with Crippen LogP contribution in [0, 0.1) is 6.92 Å². The molecule has 116 valence electrons. The Balaban J connectivity index is 1.84. The number of carbonyl (C=O) groups excluding carboxylic acids is 1. The van der Waals surface area contributed by atoms with E-state index in [2.05, 4.69) is 15.4 Å². The van der Waals surface area contributed by atoms with E-state index < -0.39 is 0 Å². The Morgan fingerprint density at radius 1 is 1.17 bits per heavy atom. The van der Waals surface area contributed by atoms with E-state index in [1.165, 1.54) is 0 Å². The number of hydrogen-bond donors (Lipinski definition) is 1. The second kappa shape index (κ2) is 6.62. The van der Waals surface area contributed by atoms with E-state index in [9.17, 15) is 4.79 Å². The number of nitrogens with one attached hydrogen (secondary N) is 1. The summed E-state index contributed by atoms with van der Waals surface area (Å²) in [5.74, 6) is 0.161. The molecule has 0 unspecified atom stereocenters. The van der Waals surface area contributed by atoms with Gasteiger partial charge in [0.25, 0.3) is 5.91 Å². The molecule has 0 fully saturated rings. The summed E-state index contributed by atoms with van der Waals surface area (Å²) in [4.78, 5) is 16.5. The molecule has 0 saturated heterocycles. The second-order valence-corrected chi connectivity index (χ2v) is 5.42. The molecule has 0 atom stereocenters. The van der Waals surface area contributed by atoms with Gasteiger partial charge in [-0.25, -0.2) is 9.67 Å². The van der Waals surface area contributed by atoms with Crippen LogP contribution >= 0.6 is 11.6 Å². The van der Waals surface area contributed by atoms with Gasteiger partial charge in [-0.1, -0.05) is 48.0 Å². The molecule has 1 amide bonds. The van der Waals surface area contributed by atoms with Crippen molar-refractivity contribution < 1.29 is 4.79 Å². The van der Waals surface area contributed by atoms with Crippen molar-refractivity contribution in [1.29, 1.82) is 0 Å². The minimum Gasteiger partial charge on any atom is -0.306 e. The monoisotopic (exact) mass is 326 g/mol. The normalized spacial score (nSPS) is 10.5. The van der Waals surface area contributed by atoms with E-state index in [0.29, 0.717) is 28.8 Å². The van der Waals surface area contributed by atoms with E-state index >= 15 is 0 Å². The maximum absolute atomic E-state index is 12.4. The van der Waals surface area contributed by atoms with Crippen molar-refractivity contribution in [3.8, 4) is 0 Å². The minimum atomic E-state index is -0.314. The van der Waals surface area contributed by atoms with E-state index in [1.54, 1.807) is 36.0 Å². The van der Waals surface area contributed by atoms with Crippen LogP contribution in [-0.2, 0) is 6.54 Å². The van der Waals surface area contributed by atoms with Crippen molar-refractivity contribution >= 4 is 23.3 Å². The lowest BCUT2D eigenvalue weighted by Crippen LogP contribution is -2.14. The Hall–Kier alpha value is -2.66. The molecular weight excluding hydrogens is 312 g/mol. The Morgan fingerprint density at radius 3 is 2.61 bits per heavy atom. The fourth-order valence-corrected chi connectivity index (χ4v) is 2.61. The Labute approximate surface area is 138 Å². The summed E-state index contributed by atoms with van der Waals surface area (Å²) < 4.78 is 1.62. The van der Waals surface area contributed by atoms with Crippen LogP contribution in [0.5, 0.6) is 0 Å². The van der Waals surface area contributed by atoms with Crippen LogP contribution in [0.15, 0.2) is 54.7 Å². The SMILES string of the molecule is Cc1nn(Cc2ccccc2)c(Cl)c1C(=O)Nc1ccccn1. The predicted octanol–water partition coefficient (Wildman–Crippen LogP) is 3.54. The Bertz CT molecular complexity index is 815. The first kappa shape index (κ1) is 15.2. The van der Waals surface area contributed by atoms with Crippen LogP contribution in [-0.4, -0.2) is 20.7 Å². The molecule has 5 nitrogen and oxygen atoms in total. The zero-order valence-corrected chi connectivity index (χ0v) is 13.3. The summed E-state index contributed by atoms with van der Waals surface area (Å²) in [5.41, 5.74) is 2.01. The molecule has 23 heavy (non-hydrogen) atoms. The van der Waals surface area contributed by atoms with Gasteiger partial charge in [0.2, 0.25) is 0 Å². The molecule has 0 aliphatic heterocycles. The third kappa shape index (κ3) is 3.40. The molecule has 0 aliphatic carbocycles. The third-order valence-corrected chi connectivity index (χ3v) is 3.76. The van der Waals surface area contributed by atoms with Crippen LogP contribution in [0.4, 0.5) is 5.82 Å². The van der Waals surface area contributed by atoms with Crippen molar-refractivity contribution in [3.63, 3.8) is 0 Å². The molecule has 0 radical (unpaired) electrons. The van der Waals surface area contributed by atoms with Crippen molar-refractivity contribution in [3.05, 3.63) is 76.7 Å². The maximum Gasteiger partial charge on any atom is 0.261 e. The largest absolute Gasteiger partial charge is 0.306 e. The number of carbonyl (C=O) groups is 1. The van der Waals surface area contributed by atoms with Gasteiger partial charge in [-0.15, -0.1) is 0 Å². The topological polar surface area (TPSA) is 59.8 Å². The standard InChI is InChI=1S/C17H15ClN4O/c1-12-15(17(23)20-14-9-5-6-10-19-14)16(18)22(21-12)11-13-7-3-2-4-8-13/h2-10H,11H2,1H3,(H,19,20,23). The molecule has 6 heteroatoms. The van der Waals surface area contributed by atoms with E-state index in [4.69, 9.17) is 11.6 Å². The van der Waals surface area contributed by atoms with Gasteiger partial charge >= 0.3 is 0 Å². The summed E-state index contributed by atoms with van der Waals surface area (Å²) in [7, 11) is 0. The molecule has 0 bridgehead atoms. The summed E-state index contributed by atoms with van der Waals surface area (Å²) in [6, 6.07) is 15.1. The van der Waals surface area contributed by atoms with Gasteiger partial charge < -0.3 is 5.32 Å². The highest BCUT2D eigenvalue weighted by molar-refractivity contribution is 6.33. The summed E-state index contributed by atoms with van der Waals surface area (Å²) in [5, 5.41) is 7.42. The molecule has 3 aromatic rings. The number of aryl methyl sites for hydroxylation is 1. The zero-order valence-electron chi connectivity index (χ0n) is 12.5. The van der Waals surface area contributed by atoms with Crippen LogP contribution in [0.1, 0.15) is 21.6 Å². The van der Waals surface area contributed by atoms with Gasteiger partial charge in [0.05, 0.1) is 17.8 Å². The first-order valence-electron chi connectivity index (χ1n) is 7.14. The van der Waals surface area contributed by atoms with Gasteiger partial charge in [0.15, 0.2) is 0 Å². The number of amides is 1. The highest BCUT2D eigenvalue weighted by atomic mass is 35.5. The summed E-state index contributed by atoms with van der Waals surface area (Å²) in [6.07, 6.45) is 1.61.